The molecule has 0 unspecified atom stereocenters. The predicted molar refractivity (Wildman–Crippen MR) is 69.5 cm³/mol. The molecule has 20 heavy (non-hydrogen) atoms. The number of aliphatic carboxylic acids is 1. The van der Waals surface area contributed by atoms with Crippen LogP contribution in [0.1, 0.15) is 0 Å². The van der Waals surface area contributed by atoms with E-state index in [0.29, 0.717) is 18.8 Å². The number of nitro benzene ring substituents is 1. The summed E-state index contributed by atoms with van der Waals surface area (Å²) in [6.07, 6.45) is 0. The van der Waals surface area contributed by atoms with E-state index < -0.39 is 16.8 Å². The van der Waals surface area contributed by atoms with Crippen molar-refractivity contribution in [2.24, 2.45) is 0 Å². The first-order valence-corrected chi connectivity index (χ1v) is 6.00. The summed E-state index contributed by atoms with van der Waals surface area (Å²) in [5.74, 6) is -2.38. The van der Waals surface area contributed by atoms with Gasteiger partial charge in [-0.05, 0) is 6.07 Å². The molecule has 106 valence electrons. The first kappa shape index (κ1) is 13.8. The van der Waals surface area contributed by atoms with Crippen molar-refractivity contribution in [2.45, 2.75) is 0 Å². The van der Waals surface area contributed by atoms with E-state index in [1.807, 2.05) is 4.90 Å². The molecule has 1 aliphatic rings. The van der Waals surface area contributed by atoms with Crippen molar-refractivity contribution in [2.75, 3.05) is 31.1 Å². The third-order valence-electron chi connectivity index (χ3n) is 3.16. The zero-order valence-corrected chi connectivity index (χ0v) is 10.6. The second-order valence-electron chi connectivity index (χ2n) is 4.36. The molecule has 0 saturated carbocycles. The number of anilines is 1. The van der Waals surface area contributed by atoms with Crippen LogP contribution in [0.2, 0.25) is 0 Å². The molecule has 1 aromatic rings. The maximum absolute atomic E-state index is 11.3. The third-order valence-corrected chi connectivity index (χ3v) is 3.16. The van der Waals surface area contributed by atoms with Crippen LogP contribution in [-0.2, 0) is 9.59 Å². The number of carboxylic acid groups (broad SMARTS) is 1. The van der Waals surface area contributed by atoms with Crippen molar-refractivity contribution in [1.82, 2.24) is 4.90 Å². The molecule has 2 rings (SSSR count). The van der Waals surface area contributed by atoms with Gasteiger partial charge in [0.05, 0.1) is 4.92 Å². The van der Waals surface area contributed by atoms with Gasteiger partial charge in [0.2, 0.25) is 0 Å². The fourth-order valence-corrected chi connectivity index (χ4v) is 2.11. The van der Waals surface area contributed by atoms with Crippen molar-refractivity contribution in [3.63, 3.8) is 0 Å². The van der Waals surface area contributed by atoms with Gasteiger partial charge >= 0.3 is 11.9 Å². The van der Waals surface area contributed by atoms with E-state index in [4.69, 9.17) is 5.11 Å². The van der Waals surface area contributed by atoms with E-state index in [9.17, 15) is 19.7 Å². The third kappa shape index (κ3) is 2.85. The Morgan fingerprint density at radius 3 is 2.40 bits per heavy atom. The van der Waals surface area contributed by atoms with Gasteiger partial charge in [-0.25, -0.2) is 4.79 Å². The van der Waals surface area contributed by atoms with Gasteiger partial charge < -0.3 is 14.9 Å². The Hall–Kier alpha value is -2.64. The number of carbonyl (C=O) groups excluding carboxylic acids is 1. The van der Waals surface area contributed by atoms with Crippen LogP contribution in [0.15, 0.2) is 24.3 Å². The average Bonchev–Trinajstić information content (AvgIpc) is 2.46. The molecule has 1 amide bonds. The number of nitrogens with zero attached hydrogens (tertiary/aromatic N) is 3. The summed E-state index contributed by atoms with van der Waals surface area (Å²) in [5.41, 5.74) is 0.702. The fraction of sp³-hybridized carbons (Fsp3) is 0.333. The van der Waals surface area contributed by atoms with Crippen LogP contribution in [0.5, 0.6) is 0 Å². The Kier molecular flexibility index (Phi) is 3.83. The summed E-state index contributed by atoms with van der Waals surface area (Å²) in [7, 11) is 0. The molecule has 1 heterocycles. The van der Waals surface area contributed by atoms with E-state index in [1.165, 1.54) is 17.0 Å². The lowest BCUT2D eigenvalue weighted by molar-refractivity contribution is -0.384. The van der Waals surface area contributed by atoms with Crippen molar-refractivity contribution < 1.29 is 19.6 Å². The number of piperazine rings is 1. The number of benzene rings is 1. The number of nitro groups is 1. The summed E-state index contributed by atoms with van der Waals surface area (Å²) < 4.78 is 0. The normalized spacial score (nSPS) is 15.0. The number of carbonyl (C=O) groups is 2. The molecule has 1 aromatic carbocycles. The minimum atomic E-state index is -1.46. The topological polar surface area (TPSA) is 104 Å². The highest BCUT2D eigenvalue weighted by Gasteiger charge is 2.25. The molecule has 8 heteroatoms. The molecule has 0 radical (unpaired) electrons. The number of rotatable bonds is 2. The van der Waals surface area contributed by atoms with E-state index in [2.05, 4.69) is 0 Å². The van der Waals surface area contributed by atoms with Gasteiger partial charge in [-0.1, -0.05) is 6.07 Å². The Morgan fingerprint density at radius 2 is 1.85 bits per heavy atom. The van der Waals surface area contributed by atoms with Gasteiger partial charge in [-0.3, -0.25) is 14.9 Å². The van der Waals surface area contributed by atoms with E-state index in [-0.39, 0.29) is 18.8 Å². The van der Waals surface area contributed by atoms with E-state index in [0.717, 1.165) is 0 Å². The van der Waals surface area contributed by atoms with Gasteiger partial charge in [0.25, 0.3) is 5.69 Å². The Morgan fingerprint density at radius 1 is 1.20 bits per heavy atom. The molecule has 0 bridgehead atoms. The van der Waals surface area contributed by atoms with E-state index >= 15 is 0 Å². The fourth-order valence-electron chi connectivity index (χ4n) is 2.11. The van der Waals surface area contributed by atoms with Crippen molar-refractivity contribution in [1.29, 1.82) is 0 Å². The summed E-state index contributed by atoms with van der Waals surface area (Å²) in [4.78, 5) is 35.3. The molecular weight excluding hydrogens is 266 g/mol. The molecule has 1 saturated heterocycles. The molecule has 0 aromatic heterocycles. The number of amides is 1. The quantitative estimate of drug-likeness (QED) is 0.475. The number of carboxylic acids is 1. The van der Waals surface area contributed by atoms with Gasteiger partial charge in [0.1, 0.15) is 0 Å². The SMILES string of the molecule is O=C(O)C(=O)N1CCN(c2cccc([N+](=O)[O-])c2)CC1. The van der Waals surface area contributed by atoms with Crippen LogP contribution in [-0.4, -0.2) is 53.0 Å². The minimum Gasteiger partial charge on any atom is -0.474 e. The van der Waals surface area contributed by atoms with Crippen LogP contribution >= 0.6 is 0 Å². The van der Waals surface area contributed by atoms with Crippen molar-refractivity contribution in [3.8, 4) is 0 Å². The van der Waals surface area contributed by atoms with Crippen LogP contribution in [0.25, 0.3) is 0 Å². The Bertz CT molecular complexity index is 552. The molecule has 1 aliphatic heterocycles. The highest BCUT2D eigenvalue weighted by atomic mass is 16.6. The smallest absolute Gasteiger partial charge is 0.394 e. The highest BCUT2D eigenvalue weighted by molar-refractivity contribution is 6.31. The van der Waals surface area contributed by atoms with Gasteiger partial charge in [0, 0.05) is 44.0 Å². The van der Waals surface area contributed by atoms with Gasteiger partial charge in [-0.2, -0.15) is 0 Å². The molecule has 0 spiro atoms. The predicted octanol–water partition coefficient (Wildman–Crippen LogP) is 0.328. The van der Waals surface area contributed by atoms with Crippen LogP contribution in [0.3, 0.4) is 0 Å². The minimum absolute atomic E-state index is 0.00606. The lowest BCUT2D eigenvalue weighted by Crippen LogP contribution is -2.50. The molecular formula is C12H13N3O5. The summed E-state index contributed by atoms with van der Waals surface area (Å²) >= 11 is 0. The van der Waals surface area contributed by atoms with Crippen LogP contribution in [0.4, 0.5) is 11.4 Å². The average molecular weight is 279 g/mol. The maximum atomic E-state index is 11.3. The largest absolute Gasteiger partial charge is 0.474 e. The lowest BCUT2D eigenvalue weighted by Gasteiger charge is -2.35. The first-order chi connectivity index (χ1) is 9.49. The van der Waals surface area contributed by atoms with Crippen molar-refractivity contribution in [3.05, 3.63) is 34.4 Å². The maximum Gasteiger partial charge on any atom is 0.394 e. The Labute approximate surface area is 114 Å². The summed E-state index contributed by atoms with van der Waals surface area (Å²) in [5, 5.41) is 19.4. The van der Waals surface area contributed by atoms with Crippen LogP contribution in [0, 0.1) is 10.1 Å². The first-order valence-electron chi connectivity index (χ1n) is 6.00. The van der Waals surface area contributed by atoms with Crippen LogP contribution < -0.4 is 4.90 Å². The molecule has 1 N–H and O–H groups in total. The molecule has 0 aliphatic carbocycles. The van der Waals surface area contributed by atoms with Gasteiger partial charge in [0.15, 0.2) is 0 Å². The molecule has 0 atom stereocenters. The monoisotopic (exact) mass is 279 g/mol. The molecule has 1 fully saturated rings. The second-order valence-corrected chi connectivity index (χ2v) is 4.36. The summed E-state index contributed by atoms with van der Waals surface area (Å²) in [6, 6.07) is 6.23. The lowest BCUT2D eigenvalue weighted by atomic mass is 10.2. The number of hydrogen-bond acceptors (Lipinski definition) is 5. The number of hydrogen-bond donors (Lipinski definition) is 1. The van der Waals surface area contributed by atoms with Gasteiger partial charge in [-0.15, -0.1) is 0 Å². The summed E-state index contributed by atoms with van der Waals surface area (Å²) in [6.45, 7) is 1.46. The number of non-ortho nitro benzene ring substituents is 1. The highest BCUT2D eigenvalue weighted by Crippen LogP contribution is 2.22. The zero-order chi connectivity index (χ0) is 14.7. The van der Waals surface area contributed by atoms with Crippen molar-refractivity contribution >= 4 is 23.3 Å². The Balaban J connectivity index is 2.04. The second kappa shape index (κ2) is 5.55. The molecule has 8 nitrogen and oxygen atoms in total. The van der Waals surface area contributed by atoms with E-state index in [1.54, 1.807) is 12.1 Å². The standard InChI is InChI=1S/C12H13N3O5/c16-11(12(17)18)14-6-4-13(5-7-14)9-2-1-3-10(8-9)15(19)20/h1-3,8H,4-7H2,(H,17,18). The zero-order valence-electron chi connectivity index (χ0n) is 10.6.